The molecule has 1 amide bonds. The van der Waals surface area contributed by atoms with Crippen molar-refractivity contribution in [2.45, 2.75) is 24.8 Å². The van der Waals surface area contributed by atoms with Crippen LogP contribution in [0.1, 0.15) is 35.1 Å². The zero-order chi connectivity index (χ0) is 13.8. The van der Waals surface area contributed by atoms with Crippen LogP contribution in [0.15, 0.2) is 23.4 Å². The number of carbonyl (C=O) groups excluding carboxylic acids is 1. The summed E-state index contributed by atoms with van der Waals surface area (Å²) in [5, 5.41) is 12.9. The number of carbonyl (C=O) groups is 1. The van der Waals surface area contributed by atoms with Crippen molar-refractivity contribution in [3.05, 3.63) is 28.9 Å². The van der Waals surface area contributed by atoms with Gasteiger partial charge in [0.15, 0.2) is 0 Å². The number of nitrogens with zero attached hydrogens (tertiary/aromatic N) is 3. The fourth-order valence-electron chi connectivity index (χ4n) is 1.41. The Hall–Kier alpha value is -1.47. The quantitative estimate of drug-likeness (QED) is 0.878. The number of pyridine rings is 1. The summed E-state index contributed by atoms with van der Waals surface area (Å²) < 4.78 is 0. The first-order chi connectivity index (χ1) is 9.11. The lowest BCUT2D eigenvalue weighted by atomic mass is 10.2. The van der Waals surface area contributed by atoms with Gasteiger partial charge in [0.1, 0.15) is 10.0 Å². The van der Waals surface area contributed by atoms with Gasteiger partial charge in [-0.2, -0.15) is 0 Å². The molecule has 5 nitrogen and oxygen atoms in total. The van der Waals surface area contributed by atoms with Gasteiger partial charge < -0.3 is 0 Å². The van der Waals surface area contributed by atoms with E-state index in [-0.39, 0.29) is 5.91 Å². The van der Waals surface area contributed by atoms with Gasteiger partial charge in [-0.3, -0.25) is 10.1 Å². The number of aromatic nitrogens is 3. The Balaban J connectivity index is 2.16. The molecule has 7 heteroatoms. The van der Waals surface area contributed by atoms with Crippen LogP contribution in [0.3, 0.4) is 0 Å². The van der Waals surface area contributed by atoms with Crippen LogP contribution in [-0.4, -0.2) is 27.3 Å². The molecule has 0 aromatic carbocycles. The van der Waals surface area contributed by atoms with Crippen molar-refractivity contribution in [2.75, 3.05) is 11.6 Å². The van der Waals surface area contributed by atoms with Gasteiger partial charge in [-0.05, 0) is 18.4 Å². The number of amides is 1. The maximum atomic E-state index is 12.1. The average molecular weight is 294 g/mol. The van der Waals surface area contributed by atoms with Gasteiger partial charge in [0.2, 0.25) is 5.13 Å². The second kappa shape index (κ2) is 6.12. The highest BCUT2D eigenvalue weighted by Gasteiger charge is 2.14. The van der Waals surface area contributed by atoms with Gasteiger partial charge in [0, 0.05) is 12.1 Å². The van der Waals surface area contributed by atoms with E-state index >= 15 is 0 Å². The van der Waals surface area contributed by atoms with E-state index in [9.17, 15) is 4.79 Å². The summed E-state index contributed by atoms with van der Waals surface area (Å²) in [4.78, 5) is 16.3. The molecule has 0 unspecified atom stereocenters. The minimum absolute atomic E-state index is 0.205. The molecule has 100 valence electrons. The summed E-state index contributed by atoms with van der Waals surface area (Å²) in [5.41, 5.74) is 0.552. The number of anilines is 1. The smallest absolute Gasteiger partial charge is 0.260 e. The second-order valence-corrected chi connectivity index (χ2v) is 5.92. The van der Waals surface area contributed by atoms with E-state index in [1.54, 1.807) is 18.3 Å². The summed E-state index contributed by atoms with van der Waals surface area (Å²) in [6, 6.07) is 3.49. The molecule has 1 N–H and O–H groups in total. The predicted octanol–water partition coefficient (Wildman–Crippen LogP) is 3.03. The Labute approximate surface area is 119 Å². The van der Waals surface area contributed by atoms with Gasteiger partial charge in [-0.1, -0.05) is 25.2 Å². The zero-order valence-corrected chi connectivity index (χ0v) is 12.5. The van der Waals surface area contributed by atoms with Crippen LogP contribution >= 0.6 is 23.1 Å². The molecule has 2 aromatic rings. The van der Waals surface area contributed by atoms with Gasteiger partial charge in [-0.25, -0.2) is 4.98 Å². The van der Waals surface area contributed by atoms with Crippen molar-refractivity contribution in [1.29, 1.82) is 0 Å². The number of nitrogens with one attached hydrogen (secondary N) is 1. The predicted molar refractivity (Wildman–Crippen MR) is 78.0 cm³/mol. The molecule has 19 heavy (non-hydrogen) atoms. The largest absolute Gasteiger partial charge is 0.296 e. The SMILES string of the molecule is CSc1ncccc1C(=O)Nc1nnc(C(C)C)s1. The van der Waals surface area contributed by atoms with Crippen molar-refractivity contribution in [3.63, 3.8) is 0 Å². The molecule has 0 bridgehead atoms. The molecule has 2 heterocycles. The third-order valence-corrected chi connectivity index (χ3v) is 4.22. The minimum atomic E-state index is -0.205. The molecular weight excluding hydrogens is 280 g/mol. The highest BCUT2D eigenvalue weighted by molar-refractivity contribution is 7.98. The Bertz CT molecular complexity index is 583. The molecule has 0 saturated heterocycles. The number of thioether (sulfide) groups is 1. The molecule has 0 aliphatic carbocycles. The number of hydrogen-bond acceptors (Lipinski definition) is 6. The van der Waals surface area contributed by atoms with E-state index in [1.807, 2.05) is 20.1 Å². The first kappa shape index (κ1) is 14.0. The molecule has 0 radical (unpaired) electrons. The van der Waals surface area contributed by atoms with E-state index in [2.05, 4.69) is 20.5 Å². The van der Waals surface area contributed by atoms with Crippen LogP contribution in [0.5, 0.6) is 0 Å². The maximum Gasteiger partial charge on any atom is 0.260 e. The Morgan fingerprint density at radius 1 is 1.42 bits per heavy atom. The molecular formula is C12H14N4OS2. The molecule has 0 atom stereocenters. The van der Waals surface area contributed by atoms with Crippen molar-refractivity contribution in [2.24, 2.45) is 0 Å². The minimum Gasteiger partial charge on any atom is -0.296 e. The third-order valence-electron chi connectivity index (χ3n) is 2.36. The van der Waals surface area contributed by atoms with Gasteiger partial charge in [0.25, 0.3) is 5.91 Å². The van der Waals surface area contributed by atoms with E-state index in [4.69, 9.17) is 0 Å². The average Bonchev–Trinajstić information content (AvgIpc) is 2.87. The first-order valence-corrected chi connectivity index (χ1v) is 7.79. The van der Waals surface area contributed by atoms with E-state index in [0.717, 1.165) is 5.01 Å². The molecule has 0 aliphatic rings. The van der Waals surface area contributed by atoms with Crippen LogP contribution in [0.2, 0.25) is 0 Å². The van der Waals surface area contributed by atoms with Gasteiger partial charge in [-0.15, -0.1) is 22.0 Å². The van der Waals surface area contributed by atoms with E-state index in [1.165, 1.54) is 23.1 Å². The van der Waals surface area contributed by atoms with Gasteiger partial charge >= 0.3 is 0 Å². The Kier molecular flexibility index (Phi) is 4.49. The third kappa shape index (κ3) is 3.30. The maximum absolute atomic E-state index is 12.1. The van der Waals surface area contributed by atoms with Crippen LogP contribution < -0.4 is 5.32 Å². The summed E-state index contributed by atoms with van der Waals surface area (Å²) in [6.45, 7) is 4.08. The zero-order valence-electron chi connectivity index (χ0n) is 10.9. The van der Waals surface area contributed by atoms with Crippen molar-refractivity contribution in [1.82, 2.24) is 15.2 Å². The standard InChI is InChI=1S/C12H14N4OS2/c1-7(2)10-15-16-12(19-10)14-9(17)8-5-4-6-13-11(8)18-3/h4-7H,1-3H3,(H,14,16,17). The number of hydrogen-bond donors (Lipinski definition) is 1. The molecule has 0 fully saturated rings. The summed E-state index contributed by atoms with van der Waals surface area (Å²) in [7, 11) is 0. The van der Waals surface area contributed by atoms with E-state index in [0.29, 0.717) is 21.6 Å². The highest BCUT2D eigenvalue weighted by atomic mass is 32.2. The molecule has 2 rings (SSSR count). The monoisotopic (exact) mass is 294 g/mol. The lowest BCUT2D eigenvalue weighted by molar-refractivity contribution is 0.102. The molecule has 2 aromatic heterocycles. The Morgan fingerprint density at radius 3 is 2.84 bits per heavy atom. The summed E-state index contributed by atoms with van der Waals surface area (Å²) >= 11 is 2.84. The van der Waals surface area contributed by atoms with Crippen molar-refractivity contribution < 1.29 is 4.79 Å². The first-order valence-electron chi connectivity index (χ1n) is 5.75. The van der Waals surface area contributed by atoms with Crippen molar-refractivity contribution >= 4 is 34.1 Å². The van der Waals surface area contributed by atoms with Crippen LogP contribution in [0.25, 0.3) is 0 Å². The molecule has 0 spiro atoms. The van der Waals surface area contributed by atoms with Crippen LogP contribution in [-0.2, 0) is 0 Å². The fourth-order valence-corrected chi connectivity index (χ4v) is 2.70. The highest BCUT2D eigenvalue weighted by Crippen LogP contribution is 2.24. The van der Waals surface area contributed by atoms with Crippen molar-refractivity contribution in [3.8, 4) is 0 Å². The lowest BCUT2D eigenvalue weighted by Gasteiger charge is -2.04. The normalized spacial score (nSPS) is 10.7. The topological polar surface area (TPSA) is 67.8 Å². The Morgan fingerprint density at radius 2 is 2.21 bits per heavy atom. The van der Waals surface area contributed by atoms with Crippen LogP contribution in [0.4, 0.5) is 5.13 Å². The second-order valence-electron chi connectivity index (χ2n) is 4.11. The van der Waals surface area contributed by atoms with Gasteiger partial charge in [0.05, 0.1) is 5.56 Å². The summed E-state index contributed by atoms with van der Waals surface area (Å²) in [5.74, 6) is 0.104. The lowest BCUT2D eigenvalue weighted by Crippen LogP contribution is -2.13. The summed E-state index contributed by atoms with van der Waals surface area (Å²) in [6.07, 6.45) is 3.56. The molecule has 0 aliphatic heterocycles. The molecule has 0 saturated carbocycles. The number of rotatable bonds is 4. The fraction of sp³-hybridized carbons (Fsp3) is 0.333. The van der Waals surface area contributed by atoms with Crippen LogP contribution in [0, 0.1) is 0 Å². The van der Waals surface area contributed by atoms with E-state index < -0.39 is 0 Å².